The number of hydrogen-bond acceptors (Lipinski definition) is 5. The van der Waals surface area contributed by atoms with Gasteiger partial charge in [0.1, 0.15) is 12.4 Å². The lowest BCUT2D eigenvalue weighted by Gasteiger charge is -2.27. The number of rotatable bonds is 4. The predicted molar refractivity (Wildman–Crippen MR) is 109 cm³/mol. The quantitative estimate of drug-likeness (QED) is 0.388. The molecule has 2 aromatic carbocycles. The van der Waals surface area contributed by atoms with Crippen molar-refractivity contribution in [1.29, 1.82) is 0 Å². The highest BCUT2D eigenvalue weighted by molar-refractivity contribution is 6.07. The number of aliphatic hydroxyl groups is 1. The molecule has 1 unspecified atom stereocenters. The van der Waals surface area contributed by atoms with Crippen molar-refractivity contribution in [3.05, 3.63) is 59.8 Å². The lowest BCUT2D eigenvalue weighted by Crippen LogP contribution is -2.47. The molecule has 0 bridgehead atoms. The van der Waals surface area contributed by atoms with Crippen LogP contribution in [0.5, 0.6) is 11.6 Å². The van der Waals surface area contributed by atoms with Crippen LogP contribution in [0.25, 0.3) is 10.8 Å². The van der Waals surface area contributed by atoms with Gasteiger partial charge in [0.05, 0.1) is 13.7 Å². The summed E-state index contributed by atoms with van der Waals surface area (Å²) in [5, 5.41) is 25.9. The summed E-state index contributed by atoms with van der Waals surface area (Å²) < 4.78 is 6.75. The molecule has 1 aliphatic rings. The number of nitrogens with one attached hydrogen (secondary N) is 2. The van der Waals surface area contributed by atoms with Gasteiger partial charge in [-0.2, -0.15) is 0 Å². The van der Waals surface area contributed by atoms with Crippen LogP contribution < -0.4 is 15.4 Å². The summed E-state index contributed by atoms with van der Waals surface area (Å²) in [6.45, 7) is -0.273. The fourth-order valence-corrected chi connectivity index (χ4v) is 3.62. The molecule has 0 aliphatic carbocycles. The standard InChI is InChI=1S/C22H19N3O5/c1-30-17-8-9-18-15(11-17)12-25(19(18)27)13-22(20(28)23-21(29)24-22)16-6-4-14(5-7-16)3-2-10-26/h4-9,11-12,26-27H,10,13H2,1H3,(H2,23,24,28,29). The lowest BCUT2D eigenvalue weighted by atomic mass is 9.89. The van der Waals surface area contributed by atoms with Crippen LogP contribution in [0, 0.1) is 11.8 Å². The molecule has 0 spiro atoms. The molecule has 1 aromatic heterocycles. The van der Waals surface area contributed by atoms with Gasteiger partial charge >= 0.3 is 6.03 Å². The molecule has 1 atom stereocenters. The van der Waals surface area contributed by atoms with Crippen LogP contribution in [0.3, 0.4) is 0 Å². The van der Waals surface area contributed by atoms with Gasteiger partial charge in [-0.15, -0.1) is 0 Å². The Morgan fingerprint density at radius 3 is 2.57 bits per heavy atom. The number of benzene rings is 2. The summed E-state index contributed by atoms with van der Waals surface area (Å²) in [6.07, 6.45) is 1.70. The Bertz CT molecular complexity index is 1200. The Labute approximate surface area is 172 Å². The molecule has 3 aromatic rings. The first-order chi connectivity index (χ1) is 14.5. The number of amides is 3. The normalized spacial score (nSPS) is 17.9. The minimum Gasteiger partial charge on any atom is -0.497 e. The number of aromatic nitrogens is 1. The summed E-state index contributed by atoms with van der Waals surface area (Å²) in [7, 11) is 1.56. The number of ether oxygens (including phenoxy) is 1. The monoisotopic (exact) mass is 405 g/mol. The van der Waals surface area contributed by atoms with Gasteiger partial charge in [-0.05, 0) is 35.9 Å². The SMILES string of the molecule is COc1ccc2c(O)n(CC3(c4ccc(C#CCO)cc4)NC(=O)NC3=O)cc2c1. The smallest absolute Gasteiger partial charge is 0.322 e. The number of aromatic hydroxyl groups is 1. The Hall–Kier alpha value is -3.96. The molecule has 3 amide bonds. The summed E-state index contributed by atoms with van der Waals surface area (Å²) in [4.78, 5) is 24.8. The van der Waals surface area contributed by atoms with Crippen LogP contribution in [0.15, 0.2) is 48.7 Å². The van der Waals surface area contributed by atoms with E-state index in [9.17, 15) is 14.7 Å². The molecule has 30 heavy (non-hydrogen) atoms. The van der Waals surface area contributed by atoms with Gasteiger partial charge in [0.2, 0.25) is 0 Å². The zero-order valence-electron chi connectivity index (χ0n) is 16.1. The maximum atomic E-state index is 12.8. The van der Waals surface area contributed by atoms with E-state index in [0.29, 0.717) is 22.3 Å². The number of methoxy groups -OCH3 is 1. The summed E-state index contributed by atoms with van der Waals surface area (Å²) in [5.41, 5.74) is -0.208. The molecule has 2 heterocycles. The van der Waals surface area contributed by atoms with Gasteiger partial charge in [0, 0.05) is 22.5 Å². The molecule has 1 aliphatic heterocycles. The van der Waals surface area contributed by atoms with Crippen molar-refractivity contribution in [3.63, 3.8) is 0 Å². The van der Waals surface area contributed by atoms with Crippen molar-refractivity contribution < 1.29 is 24.5 Å². The topological polar surface area (TPSA) is 113 Å². The second-order valence-electron chi connectivity index (χ2n) is 6.88. The van der Waals surface area contributed by atoms with Gasteiger partial charge in [-0.1, -0.05) is 24.0 Å². The van der Waals surface area contributed by atoms with E-state index in [1.165, 1.54) is 4.57 Å². The van der Waals surface area contributed by atoms with Crippen molar-refractivity contribution in [2.75, 3.05) is 13.7 Å². The van der Waals surface area contributed by atoms with Crippen molar-refractivity contribution in [1.82, 2.24) is 15.2 Å². The Morgan fingerprint density at radius 1 is 1.17 bits per heavy atom. The van der Waals surface area contributed by atoms with Crippen LogP contribution in [0.4, 0.5) is 4.79 Å². The molecular formula is C22H19N3O5. The Balaban J connectivity index is 1.77. The number of carbonyl (C=O) groups excluding carboxylic acids is 2. The zero-order valence-corrected chi connectivity index (χ0v) is 16.1. The Morgan fingerprint density at radius 2 is 1.93 bits per heavy atom. The zero-order chi connectivity index (χ0) is 21.3. The molecule has 152 valence electrons. The average molecular weight is 405 g/mol. The van der Waals surface area contributed by atoms with E-state index in [1.54, 1.807) is 55.8 Å². The molecule has 1 saturated heterocycles. The summed E-state index contributed by atoms with van der Waals surface area (Å²) in [5.74, 6) is 5.45. The van der Waals surface area contributed by atoms with E-state index in [2.05, 4.69) is 22.5 Å². The molecule has 4 rings (SSSR count). The van der Waals surface area contributed by atoms with Crippen LogP contribution in [0.2, 0.25) is 0 Å². The van der Waals surface area contributed by atoms with Crippen LogP contribution in [-0.2, 0) is 16.9 Å². The highest BCUT2D eigenvalue weighted by Gasteiger charge is 2.48. The first-order valence-electron chi connectivity index (χ1n) is 9.16. The minimum atomic E-state index is -1.41. The van der Waals surface area contributed by atoms with Crippen molar-refractivity contribution in [2.45, 2.75) is 12.1 Å². The number of aliphatic hydroxyl groups excluding tert-OH is 1. The van der Waals surface area contributed by atoms with E-state index in [-0.39, 0.29) is 19.0 Å². The van der Waals surface area contributed by atoms with Crippen molar-refractivity contribution in [2.24, 2.45) is 0 Å². The average Bonchev–Trinajstić information content (AvgIpc) is 3.22. The molecule has 0 radical (unpaired) electrons. The molecule has 1 fully saturated rings. The molecule has 8 nitrogen and oxygen atoms in total. The molecule has 8 heteroatoms. The first-order valence-corrected chi connectivity index (χ1v) is 9.16. The Kier molecular flexibility index (Phi) is 4.82. The van der Waals surface area contributed by atoms with E-state index in [0.717, 1.165) is 5.39 Å². The fourth-order valence-electron chi connectivity index (χ4n) is 3.62. The maximum absolute atomic E-state index is 12.8. The van der Waals surface area contributed by atoms with E-state index in [1.807, 2.05) is 0 Å². The van der Waals surface area contributed by atoms with Gasteiger partial charge < -0.3 is 24.8 Å². The number of fused-ring (bicyclic) bond motifs is 1. The van der Waals surface area contributed by atoms with Crippen LogP contribution in [-0.4, -0.2) is 40.4 Å². The molecule has 4 N–H and O–H groups in total. The van der Waals surface area contributed by atoms with Gasteiger partial charge in [0.15, 0.2) is 11.4 Å². The second-order valence-corrected chi connectivity index (χ2v) is 6.88. The number of urea groups is 1. The van der Waals surface area contributed by atoms with E-state index < -0.39 is 17.5 Å². The molecular weight excluding hydrogens is 386 g/mol. The van der Waals surface area contributed by atoms with Gasteiger partial charge in [0.25, 0.3) is 5.91 Å². The third-order valence-corrected chi connectivity index (χ3v) is 5.11. The number of carbonyl (C=O) groups is 2. The van der Waals surface area contributed by atoms with Crippen molar-refractivity contribution in [3.8, 4) is 23.5 Å². The fraction of sp³-hybridized carbons (Fsp3) is 0.182. The van der Waals surface area contributed by atoms with Crippen LogP contribution in [0.1, 0.15) is 11.1 Å². The van der Waals surface area contributed by atoms with Gasteiger partial charge in [-0.25, -0.2) is 4.79 Å². The summed E-state index contributed by atoms with van der Waals surface area (Å²) >= 11 is 0. The second kappa shape index (κ2) is 7.46. The highest BCUT2D eigenvalue weighted by Crippen LogP contribution is 2.34. The van der Waals surface area contributed by atoms with Gasteiger partial charge in [-0.3, -0.25) is 10.1 Å². The molecule has 0 saturated carbocycles. The first kappa shape index (κ1) is 19.4. The van der Waals surface area contributed by atoms with E-state index >= 15 is 0 Å². The lowest BCUT2D eigenvalue weighted by molar-refractivity contribution is -0.124. The highest BCUT2D eigenvalue weighted by atomic mass is 16.5. The third kappa shape index (κ3) is 3.21. The number of nitrogens with zero attached hydrogens (tertiary/aromatic N) is 1. The largest absolute Gasteiger partial charge is 0.497 e. The summed E-state index contributed by atoms with van der Waals surface area (Å²) in [6, 6.07) is 11.4. The maximum Gasteiger partial charge on any atom is 0.322 e. The predicted octanol–water partition coefficient (Wildman–Crippen LogP) is 1.43. The third-order valence-electron chi connectivity index (χ3n) is 5.11. The van der Waals surface area contributed by atoms with Crippen LogP contribution >= 0.6 is 0 Å². The van der Waals surface area contributed by atoms with E-state index in [4.69, 9.17) is 9.84 Å². The number of imide groups is 1. The number of hydrogen-bond donors (Lipinski definition) is 4. The minimum absolute atomic E-state index is 0.0188. The van der Waals surface area contributed by atoms with Crippen molar-refractivity contribution >= 4 is 22.7 Å².